The van der Waals surface area contributed by atoms with Crippen LogP contribution in [0.4, 0.5) is 5.69 Å². The van der Waals surface area contributed by atoms with Gasteiger partial charge in [0.2, 0.25) is 5.91 Å². The monoisotopic (exact) mass is 397 g/mol. The van der Waals surface area contributed by atoms with E-state index in [-0.39, 0.29) is 36.6 Å². The van der Waals surface area contributed by atoms with E-state index in [1.807, 2.05) is 22.9 Å². The number of halogens is 2. The normalized spacial score (nSPS) is 27.0. The molecule has 2 aliphatic rings. The van der Waals surface area contributed by atoms with Crippen molar-refractivity contribution in [1.29, 1.82) is 0 Å². The molecular formula is C18H25Cl2N5O. The maximum Gasteiger partial charge on any atom is 0.227 e. The van der Waals surface area contributed by atoms with Crippen molar-refractivity contribution in [2.24, 2.45) is 23.5 Å². The number of anilines is 1. The molecule has 6 nitrogen and oxygen atoms in total. The van der Waals surface area contributed by atoms with Gasteiger partial charge in [-0.1, -0.05) is 6.42 Å². The third kappa shape index (κ3) is 4.19. The van der Waals surface area contributed by atoms with Crippen LogP contribution in [0.2, 0.25) is 0 Å². The highest BCUT2D eigenvalue weighted by Gasteiger charge is 2.40. The fraction of sp³-hybridized carbons (Fsp3) is 0.500. The van der Waals surface area contributed by atoms with Gasteiger partial charge in [0.15, 0.2) is 0 Å². The quantitative estimate of drug-likeness (QED) is 0.832. The number of aromatic nitrogens is 3. The van der Waals surface area contributed by atoms with E-state index >= 15 is 0 Å². The van der Waals surface area contributed by atoms with Crippen LogP contribution in [0.25, 0.3) is 5.82 Å². The summed E-state index contributed by atoms with van der Waals surface area (Å²) in [6.45, 7) is 0. The third-order valence-corrected chi connectivity index (χ3v) is 5.57. The Balaban J connectivity index is 0.00000121. The molecule has 0 radical (unpaired) electrons. The Morgan fingerprint density at radius 1 is 1.19 bits per heavy atom. The Labute approximate surface area is 165 Å². The molecule has 0 aromatic carbocycles. The van der Waals surface area contributed by atoms with Gasteiger partial charge in [-0.15, -0.1) is 24.8 Å². The molecule has 3 N–H and O–H groups in total. The topological polar surface area (TPSA) is 85.8 Å². The average Bonchev–Trinajstić information content (AvgIpc) is 3.09. The van der Waals surface area contributed by atoms with Crippen LogP contribution in [0.5, 0.6) is 0 Å². The summed E-state index contributed by atoms with van der Waals surface area (Å²) in [5.74, 6) is 1.98. The van der Waals surface area contributed by atoms with E-state index in [2.05, 4.69) is 15.3 Å². The number of imidazole rings is 1. The molecular weight excluding hydrogens is 373 g/mol. The minimum Gasteiger partial charge on any atom is -0.327 e. The second-order valence-electron chi connectivity index (χ2n) is 7.06. The Bertz CT molecular complexity index is 693. The molecule has 26 heavy (non-hydrogen) atoms. The number of amides is 1. The highest BCUT2D eigenvalue weighted by molar-refractivity contribution is 5.92. The second kappa shape index (κ2) is 8.84. The van der Waals surface area contributed by atoms with Crippen molar-refractivity contribution in [3.05, 3.63) is 37.1 Å². The Hall–Kier alpha value is -1.63. The van der Waals surface area contributed by atoms with Crippen LogP contribution in [0.3, 0.4) is 0 Å². The smallest absolute Gasteiger partial charge is 0.227 e. The molecule has 1 amide bonds. The first kappa shape index (κ1) is 20.7. The number of hydrogen-bond acceptors (Lipinski definition) is 4. The van der Waals surface area contributed by atoms with Crippen molar-refractivity contribution in [2.45, 2.75) is 38.1 Å². The Kier molecular flexibility index (Phi) is 7.03. The van der Waals surface area contributed by atoms with Crippen molar-refractivity contribution in [3.63, 3.8) is 0 Å². The van der Waals surface area contributed by atoms with Crippen molar-refractivity contribution in [1.82, 2.24) is 14.5 Å². The molecule has 2 fully saturated rings. The number of carbonyl (C=O) groups is 1. The fourth-order valence-electron chi connectivity index (χ4n) is 4.25. The largest absolute Gasteiger partial charge is 0.327 e. The zero-order valence-corrected chi connectivity index (χ0v) is 16.1. The van der Waals surface area contributed by atoms with E-state index in [9.17, 15) is 4.79 Å². The SMILES string of the molecule is Cl.Cl.NC1C2CCCC1CC(C(=O)Nc1ccc(-n3ccnc3)nc1)C2. The second-order valence-corrected chi connectivity index (χ2v) is 7.06. The van der Waals surface area contributed by atoms with E-state index in [4.69, 9.17) is 5.73 Å². The van der Waals surface area contributed by atoms with Crippen LogP contribution in [-0.2, 0) is 4.79 Å². The average molecular weight is 398 g/mol. The molecule has 0 spiro atoms. The molecule has 2 aromatic rings. The van der Waals surface area contributed by atoms with Gasteiger partial charge in [0.05, 0.1) is 11.9 Å². The molecule has 2 saturated carbocycles. The third-order valence-electron chi connectivity index (χ3n) is 5.57. The number of hydrogen-bond donors (Lipinski definition) is 2. The van der Waals surface area contributed by atoms with Crippen molar-refractivity contribution in [3.8, 4) is 5.82 Å². The lowest BCUT2D eigenvalue weighted by atomic mass is 9.65. The lowest BCUT2D eigenvalue weighted by molar-refractivity contribution is -0.122. The predicted octanol–water partition coefficient (Wildman–Crippen LogP) is 3.20. The number of rotatable bonds is 3. The summed E-state index contributed by atoms with van der Waals surface area (Å²) in [6.07, 6.45) is 12.4. The molecule has 0 aliphatic heterocycles. The van der Waals surface area contributed by atoms with Crippen molar-refractivity contribution < 1.29 is 4.79 Å². The molecule has 2 bridgehead atoms. The number of nitrogens with two attached hydrogens (primary N) is 1. The molecule has 2 heterocycles. The maximum absolute atomic E-state index is 12.6. The minimum atomic E-state index is 0. The van der Waals surface area contributed by atoms with Crippen LogP contribution in [0.15, 0.2) is 37.1 Å². The minimum absolute atomic E-state index is 0. The summed E-state index contributed by atoms with van der Waals surface area (Å²) in [5, 5.41) is 3.02. The van der Waals surface area contributed by atoms with Crippen LogP contribution in [0, 0.1) is 17.8 Å². The zero-order valence-electron chi connectivity index (χ0n) is 14.5. The Morgan fingerprint density at radius 3 is 2.50 bits per heavy atom. The van der Waals surface area contributed by atoms with Gasteiger partial charge in [0.1, 0.15) is 12.1 Å². The summed E-state index contributed by atoms with van der Waals surface area (Å²) in [4.78, 5) is 21.0. The maximum atomic E-state index is 12.6. The van der Waals surface area contributed by atoms with E-state index < -0.39 is 0 Å². The van der Waals surface area contributed by atoms with Crippen molar-refractivity contribution in [2.75, 3.05) is 5.32 Å². The van der Waals surface area contributed by atoms with Crippen LogP contribution < -0.4 is 11.1 Å². The summed E-state index contributed by atoms with van der Waals surface area (Å²) in [5.41, 5.74) is 7.05. The lowest BCUT2D eigenvalue weighted by Crippen LogP contribution is -2.48. The molecule has 2 aromatic heterocycles. The van der Waals surface area contributed by atoms with Crippen LogP contribution in [0.1, 0.15) is 32.1 Å². The molecule has 2 unspecified atom stereocenters. The van der Waals surface area contributed by atoms with E-state index in [0.717, 1.165) is 24.3 Å². The predicted molar refractivity (Wildman–Crippen MR) is 106 cm³/mol. The molecule has 4 rings (SSSR count). The first-order valence-electron chi connectivity index (χ1n) is 8.71. The molecule has 2 aliphatic carbocycles. The van der Waals surface area contributed by atoms with E-state index in [1.165, 1.54) is 19.3 Å². The van der Waals surface area contributed by atoms with Crippen LogP contribution in [-0.4, -0.2) is 26.5 Å². The number of fused-ring (bicyclic) bond motifs is 2. The zero-order chi connectivity index (χ0) is 16.5. The number of nitrogens with zero attached hydrogens (tertiary/aromatic N) is 3. The van der Waals surface area contributed by atoms with Gasteiger partial charge in [0, 0.05) is 24.4 Å². The van der Waals surface area contributed by atoms with Gasteiger partial charge in [0.25, 0.3) is 0 Å². The summed E-state index contributed by atoms with van der Waals surface area (Å²) in [6, 6.07) is 4.05. The Morgan fingerprint density at radius 2 is 1.92 bits per heavy atom. The van der Waals surface area contributed by atoms with Gasteiger partial charge >= 0.3 is 0 Å². The molecule has 8 heteroatoms. The lowest BCUT2D eigenvalue weighted by Gasteiger charge is -2.43. The van der Waals surface area contributed by atoms with E-state index in [0.29, 0.717) is 17.9 Å². The van der Waals surface area contributed by atoms with Gasteiger partial charge in [-0.3, -0.25) is 9.36 Å². The number of pyridine rings is 1. The highest BCUT2D eigenvalue weighted by atomic mass is 35.5. The summed E-state index contributed by atoms with van der Waals surface area (Å²) in [7, 11) is 0. The molecule has 2 atom stereocenters. The number of carbonyl (C=O) groups excluding carboxylic acids is 1. The van der Waals surface area contributed by atoms with Crippen molar-refractivity contribution >= 4 is 36.4 Å². The first-order chi connectivity index (χ1) is 11.7. The highest BCUT2D eigenvalue weighted by Crippen LogP contribution is 2.42. The van der Waals surface area contributed by atoms with Gasteiger partial charge in [-0.05, 0) is 49.7 Å². The molecule has 0 saturated heterocycles. The fourth-order valence-corrected chi connectivity index (χ4v) is 4.25. The van der Waals surface area contributed by atoms with Crippen LogP contribution >= 0.6 is 24.8 Å². The standard InChI is InChI=1S/C18H23N5O.2ClH/c19-17-12-2-1-3-13(17)9-14(8-12)18(24)22-15-4-5-16(21-10-15)23-7-6-20-11-23;;/h4-7,10-14,17H,1-3,8-9,19H2,(H,22,24);2*1H. The summed E-state index contributed by atoms with van der Waals surface area (Å²) < 4.78 is 1.83. The van der Waals surface area contributed by atoms with Gasteiger partial charge in [-0.25, -0.2) is 9.97 Å². The first-order valence-corrected chi connectivity index (χ1v) is 8.71. The summed E-state index contributed by atoms with van der Waals surface area (Å²) >= 11 is 0. The van der Waals surface area contributed by atoms with Gasteiger partial charge < -0.3 is 11.1 Å². The number of nitrogens with one attached hydrogen (secondary N) is 1. The van der Waals surface area contributed by atoms with E-state index in [1.54, 1.807) is 18.7 Å². The van der Waals surface area contributed by atoms with Gasteiger partial charge in [-0.2, -0.15) is 0 Å². The molecule has 142 valence electrons.